The topological polar surface area (TPSA) is 29.5 Å². The second kappa shape index (κ2) is 7.96. The molecule has 1 heterocycles. The van der Waals surface area contributed by atoms with Gasteiger partial charge in [0.05, 0.1) is 6.42 Å². The number of likely N-dealkylation sites (tertiary alicyclic amines) is 1. The summed E-state index contributed by atoms with van der Waals surface area (Å²) in [5.41, 5.74) is 2.33. The molecule has 0 aliphatic carbocycles. The molecule has 0 aromatic heterocycles. The number of hydrogen-bond acceptors (Lipinski definition) is 3. The lowest BCUT2D eigenvalue weighted by Crippen LogP contribution is -2.27. The molecule has 3 heteroatoms. The van der Waals surface area contributed by atoms with Gasteiger partial charge in [0, 0.05) is 19.0 Å². The first-order valence-electron chi connectivity index (χ1n) is 8.83. The second-order valence-corrected chi connectivity index (χ2v) is 7.64. The molecule has 128 valence electrons. The molecular weight excluding hydrogens is 286 g/mol. The average Bonchev–Trinajstić information content (AvgIpc) is 2.78. The Hall–Kier alpha value is -1.35. The normalized spacial score (nSPS) is 22.0. The van der Waals surface area contributed by atoms with Crippen molar-refractivity contribution >= 4 is 5.97 Å². The average molecular weight is 317 g/mol. The summed E-state index contributed by atoms with van der Waals surface area (Å²) in [5.74, 6) is 1.09. The number of hydrogen-bond donors (Lipinski definition) is 0. The monoisotopic (exact) mass is 317 g/mol. The third kappa shape index (κ3) is 5.35. The third-order valence-electron chi connectivity index (χ3n) is 4.69. The molecular formula is C20H31NO2. The van der Waals surface area contributed by atoms with Crippen molar-refractivity contribution in [3.05, 3.63) is 35.4 Å². The molecule has 0 bridgehead atoms. The maximum atomic E-state index is 12.2. The zero-order valence-electron chi connectivity index (χ0n) is 15.2. The van der Waals surface area contributed by atoms with Crippen molar-refractivity contribution in [2.24, 2.45) is 5.92 Å². The highest BCUT2D eigenvalue weighted by Crippen LogP contribution is 2.24. The summed E-state index contributed by atoms with van der Waals surface area (Å²) in [6.45, 7) is 9.69. The third-order valence-corrected chi connectivity index (χ3v) is 4.69. The number of benzene rings is 1. The van der Waals surface area contributed by atoms with E-state index in [1.54, 1.807) is 0 Å². The Bertz CT molecular complexity index is 507. The lowest BCUT2D eigenvalue weighted by Gasteiger charge is -2.20. The molecule has 2 atom stereocenters. The Morgan fingerprint density at radius 3 is 2.43 bits per heavy atom. The van der Waals surface area contributed by atoms with Crippen LogP contribution in [0.25, 0.3) is 0 Å². The minimum atomic E-state index is -0.106. The van der Waals surface area contributed by atoms with E-state index in [4.69, 9.17) is 4.74 Å². The molecule has 0 N–H and O–H groups in total. The van der Waals surface area contributed by atoms with Gasteiger partial charge >= 0.3 is 5.97 Å². The minimum absolute atomic E-state index is 0.0474. The molecule has 0 saturated carbocycles. The van der Waals surface area contributed by atoms with E-state index in [2.05, 4.69) is 51.8 Å². The SMILES string of the molecule is CC(C)CC1CC(OC(=O)Cc2ccc(C(C)C)cc2)CN1C. The van der Waals surface area contributed by atoms with Gasteiger partial charge in [0.1, 0.15) is 6.10 Å². The van der Waals surface area contributed by atoms with Crippen LogP contribution in [0.3, 0.4) is 0 Å². The van der Waals surface area contributed by atoms with Crippen LogP contribution in [0.4, 0.5) is 0 Å². The van der Waals surface area contributed by atoms with E-state index in [-0.39, 0.29) is 12.1 Å². The Kier molecular flexibility index (Phi) is 6.23. The molecule has 1 aliphatic heterocycles. The smallest absolute Gasteiger partial charge is 0.310 e. The molecule has 0 spiro atoms. The molecule has 1 fully saturated rings. The van der Waals surface area contributed by atoms with Gasteiger partial charge in [-0.25, -0.2) is 0 Å². The van der Waals surface area contributed by atoms with E-state index in [1.165, 1.54) is 12.0 Å². The predicted octanol–water partition coefficient (Wildman–Crippen LogP) is 4.01. The molecule has 1 aromatic rings. The van der Waals surface area contributed by atoms with Gasteiger partial charge in [0.25, 0.3) is 0 Å². The number of likely N-dealkylation sites (N-methyl/N-ethyl adjacent to an activating group) is 1. The molecule has 2 unspecified atom stereocenters. The summed E-state index contributed by atoms with van der Waals surface area (Å²) in [4.78, 5) is 14.5. The number of nitrogens with zero attached hydrogens (tertiary/aromatic N) is 1. The summed E-state index contributed by atoms with van der Waals surface area (Å²) in [5, 5.41) is 0. The summed E-state index contributed by atoms with van der Waals surface area (Å²) in [6, 6.07) is 8.83. The van der Waals surface area contributed by atoms with Crippen molar-refractivity contribution in [2.75, 3.05) is 13.6 Å². The van der Waals surface area contributed by atoms with Crippen molar-refractivity contribution < 1.29 is 9.53 Å². The molecule has 0 amide bonds. The van der Waals surface area contributed by atoms with E-state index in [1.807, 2.05) is 12.1 Å². The lowest BCUT2D eigenvalue weighted by molar-refractivity contribution is -0.147. The highest BCUT2D eigenvalue weighted by atomic mass is 16.5. The van der Waals surface area contributed by atoms with E-state index >= 15 is 0 Å². The van der Waals surface area contributed by atoms with Crippen molar-refractivity contribution in [2.45, 2.75) is 65.0 Å². The predicted molar refractivity (Wildman–Crippen MR) is 94.6 cm³/mol. The number of rotatable bonds is 6. The fourth-order valence-corrected chi connectivity index (χ4v) is 3.35. The number of carbonyl (C=O) groups is 1. The summed E-state index contributed by atoms with van der Waals surface area (Å²) in [7, 11) is 2.13. The van der Waals surface area contributed by atoms with Crippen LogP contribution >= 0.6 is 0 Å². The standard InChI is InChI=1S/C20H31NO2/c1-14(2)10-18-12-19(13-21(18)5)23-20(22)11-16-6-8-17(9-7-16)15(3)4/h6-9,14-15,18-19H,10-13H2,1-5H3. The van der Waals surface area contributed by atoms with Crippen LogP contribution in [-0.4, -0.2) is 36.6 Å². The highest BCUT2D eigenvalue weighted by molar-refractivity contribution is 5.72. The van der Waals surface area contributed by atoms with Crippen LogP contribution in [0, 0.1) is 5.92 Å². The van der Waals surface area contributed by atoms with Crippen LogP contribution in [0.5, 0.6) is 0 Å². The van der Waals surface area contributed by atoms with Gasteiger partial charge in [0.2, 0.25) is 0 Å². The van der Waals surface area contributed by atoms with Crippen LogP contribution in [0.1, 0.15) is 57.6 Å². The molecule has 1 saturated heterocycles. The first kappa shape index (κ1) is 18.0. The maximum absolute atomic E-state index is 12.2. The quantitative estimate of drug-likeness (QED) is 0.742. The second-order valence-electron chi connectivity index (χ2n) is 7.64. The van der Waals surface area contributed by atoms with Gasteiger partial charge in [-0.15, -0.1) is 0 Å². The first-order valence-corrected chi connectivity index (χ1v) is 8.83. The van der Waals surface area contributed by atoms with Crippen LogP contribution in [-0.2, 0) is 16.0 Å². The summed E-state index contributed by atoms with van der Waals surface area (Å²) < 4.78 is 5.69. The van der Waals surface area contributed by atoms with Gasteiger partial charge in [-0.2, -0.15) is 0 Å². The zero-order valence-corrected chi connectivity index (χ0v) is 15.2. The lowest BCUT2D eigenvalue weighted by atomic mass is 10.0. The maximum Gasteiger partial charge on any atom is 0.310 e. The fraction of sp³-hybridized carbons (Fsp3) is 0.650. The molecule has 1 aromatic carbocycles. The molecule has 1 aliphatic rings. The van der Waals surface area contributed by atoms with E-state index in [0.717, 1.165) is 18.5 Å². The largest absolute Gasteiger partial charge is 0.461 e. The van der Waals surface area contributed by atoms with Crippen LogP contribution < -0.4 is 0 Å². The van der Waals surface area contributed by atoms with Gasteiger partial charge in [-0.1, -0.05) is 52.0 Å². The summed E-state index contributed by atoms with van der Waals surface area (Å²) in [6.07, 6.45) is 2.55. The first-order chi connectivity index (χ1) is 10.8. The van der Waals surface area contributed by atoms with Gasteiger partial charge in [0.15, 0.2) is 0 Å². The Labute approximate surface area is 141 Å². The number of carbonyl (C=O) groups excluding carboxylic acids is 1. The molecule has 23 heavy (non-hydrogen) atoms. The van der Waals surface area contributed by atoms with E-state index in [9.17, 15) is 4.79 Å². The van der Waals surface area contributed by atoms with E-state index < -0.39 is 0 Å². The van der Waals surface area contributed by atoms with E-state index in [0.29, 0.717) is 24.3 Å². The molecule has 2 rings (SSSR count). The van der Waals surface area contributed by atoms with Crippen molar-refractivity contribution in [1.82, 2.24) is 4.90 Å². The fourth-order valence-electron chi connectivity index (χ4n) is 3.35. The Morgan fingerprint density at radius 1 is 1.22 bits per heavy atom. The van der Waals surface area contributed by atoms with Crippen LogP contribution in [0.15, 0.2) is 24.3 Å². The van der Waals surface area contributed by atoms with Crippen molar-refractivity contribution in [1.29, 1.82) is 0 Å². The number of esters is 1. The van der Waals surface area contributed by atoms with Gasteiger partial charge < -0.3 is 4.74 Å². The highest BCUT2D eigenvalue weighted by Gasteiger charge is 2.32. The van der Waals surface area contributed by atoms with Crippen molar-refractivity contribution in [3.8, 4) is 0 Å². The Balaban J connectivity index is 1.83. The number of ether oxygens (including phenoxy) is 1. The van der Waals surface area contributed by atoms with Gasteiger partial charge in [-0.3, -0.25) is 9.69 Å². The molecule has 0 radical (unpaired) electrons. The summed E-state index contributed by atoms with van der Waals surface area (Å²) >= 11 is 0. The van der Waals surface area contributed by atoms with Crippen molar-refractivity contribution in [3.63, 3.8) is 0 Å². The minimum Gasteiger partial charge on any atom is -0.461 e. The van der Waals surface area contributed by atoms with Gasteiger partial charge in [-0.05, 0) is 36.4 Å². The molecule has 3 nitrogen and oxygen atoms in total. The zero-order chi connectivity index (χ0) is 17.0. The Morgan fingerprint density at radius 2 is 1.87 bits per heavy atom. The van der Waals surface area contributed by atoms with Crippen LogP contribution in [0.2, 0.25) is 0 Å².